The monoisotopic (exact) mass is 413 g/mol. The number of benzene rings is 1. The molecule has 1 aliphatic carbocycles. The second kappa shape index (κ2) is 8.39. The number of nitriles is 1. The van der Waals surface area contributed by atoms with Gasteiger partial charge in [0.1, 0.15) is 6.61 Å². The van der Waals surface area contributed by atoms with Crippen LogP contribution >= 0.6 is 11.8 Å². The van der Waals surface area contributed by atoms with Crippen molar-refractivity contribution in [2.24, 2.45) is 17.3 Å². The van der Waals surface area contributed by atoms with Gasteiger partial charge in [0.2, 0.25) is 0 Å². The van der Waals surface area contributed by atoms with Crippen molar-refractivity contribution in [1.29, 1.82) is 5.26 Å². The van der Waals surface area contributed by atoms with Crippen LogP contribution in [-0.2, 0) is 16.1 Å². The predicted molar refractivity (Wildman–Crippen MR) is 97.1 cm³/mol. The molecule has 1 aromatic rings. The lowest BCUT2D eigenvalue weighted by Crippen LogP contribution is -2.14. The van der Waals surface area contributed by atoms with Gasteiger partial charge in [0, 0.05) is 5.57 Å². The molecule has 1 aromatic carbocycles. The van der Waals surface area contributed by atoms with Crippen LogP contribution in [0.3, 0.4) is 0 Å². The molecule has 2 rings (SSSR count). The fourth-order valence-electron chi connectivity index (χ4n) is 3.14. The first kappa shape index (κ1) is 22.0. The number of nitrogens with zero attached hydrogens (tertiary/aromatic N) is 1. The van der Waals surface area contributed by atoms with Gasteiger partial charge < -0.3 is 4.74 Å². The summed E-state index contributed by atoms with van der Waals surface area (Å²) in [6, 6.07) is 2.01. The predicted octanol–water partition coefficient (Wildman–Crippen LogP) is 5.31. The number of allylic oxidation sites excluding steroid dienone is 4. The van der Waals surface area contributed by atoms with E-state index in [1.807, 2.05) is 6.07 Å². The first-order valence-corrected chi connectivity index (χ1v) is 9.64. The third-order valence-electron chi connectivity index (χ3n) is 4.88. The second-order valence-corrected chi connectivity index (χ2v) is 7.75. The third-order valence-corrected chi connectivity index (χ3v) is 5.64. The Bertz CT molecular complexity index is 873. The molecule has 0 aliphatic heterocycles. The van der Waals surface area contributed by atoms with E-state index >= 15 is 0 Å². The highest BCUT2D eigenvalue weighted by atomic mass is 32.2. The van der Waals surface area contributed by atoms with E-state index in [0.29, 0.717) is 17.3 Å². The Balaban J connectivity index is 2.19. The Morgan fingerprint density at radius 3 is 2.25 bits per heavy atom. The van der Waals surface area contributed by atoms with Gasteiger partial charge in [0.15, 0.2) is 23.3 Å². The van der Waals surface area contributed by atoms with E-state index in [2.05, 4.69) is 0 Å². The van der Waals surface area contributed by atoms with E-state index in [1.165, 1.54) is 6.26 Å². The molecule has 0 unspecified atom stereocenters. The fraction of sp³-hybridized carbons (Fsp3) is 0.400. The summed E-state index contributed by atoms with van der Waals surface area (Å²) in [5.41, 5.74) is -1.11. The van der Waals surface area contributed by atoms with Crippen LogP contribution in [0.1, 0.15) is 26.3 Å². The maximum Gasteiger partial charge on any atom is 0.310 e. The Kier molecular flexibility index (Phi) is 6.60. The number of esters is 1. The van der Waals surface area contributed by atoms with Crippen LogP contribution in [0.5, 0.6) is 0 Å². The lowest BCUT2D eigenvalue weighted by molar-refractivity contribution is -0.147. The maximum atomic E-state index is 14.0. The summed E-state index contributed by atoms with van der Waals surface area (Å²) in [6.45, 7) is 4.40. The van der Waals surface area contributed by atoms with Gasteiger partial charge in [-0.05, 0) is 30.6 Å². The van der Waals surface area contributed by atoms with Crippen LogP contribution in [0, 0.1) is 51.9 Å². The van der Waals surface area contributed by atoms with Crippen molar-refractivity contribution in [3.8, 4) is 6.07 Å². The van der Waals surface area contributed by atoms with Gasteiger partial charge in [0.05, 0.1) is 22.4 Å². The zero-order valence-electron chi connectivity index (χ0n) is 15.8. The van der Waals surface area contributed by atoms with Crippen molar-refractivity contribution >= 4 is 17.7 Å². The van der Waals surface area contributed by atoms with Crippen molar-refractivity contribution in [1.82, 2.24) is 0 Å². The number of thioether (sulfide) groups is 1. The molecule has 2 atom stereocenters. The molecule has 0 N–H and O–H groups in total. The molecule has 0 radical (unpaired) electrons. The van der Waals surface area contributed by atoms with Gasteiger partial charge in [-0.15, -0.1) is 11.8 Å². The zero-order valence-corrected chi connectivity index (χ0v) is 16.6. The lowest BCUT2D eigenvalue weighted by Gasteiger charge is -2.11. The molecule has 1 aliphatic rings. The van der Waals surface area contributed by atoms with E-state index in [9.17, 15) is 22.4 Å². The highest BCUT2D eigenvalue weighted by Crippen LogP contribution is 2.60. The Hall–Kier alpha value is -2.27. The highest BCUT2D eigenvalue weighted by molar-refractivity contribution is 7.98. The van der Waals surface area contributed by atoms with Crippen LogP contribution in [0.15, 0.2) is 28.7 Å². The summed E-state index contributed by atoms with van der Waals surface area (Å²) in [7, 11) is 0. The average molecular weight is 413 g/mol. The zero-order chi connectivity index (χ0) is 21.2. The van der Waals surface area contributed by atoms with Gasteiger partial charge in [-0.2, -0.15) is 5.26 Å². The Labute approximate surface area is 165 Å². The molecular formula is C20H19F4NO2S. The summed E-state index contributed by atoms with van der Waals surface area (Å²) in [5.74, 6) is -7.88. The molecule has 0 spiro atoms. The van der Waals surface area contributed by atoms with Crippen LogP contribution in [0.2, 0.25) is 0 Å². The fourth-order valence-corrected chi connectivity index (χ4v) is 3.68. The topological polar surface area (TPSA) is 50.1 Å². The molecule has 0 saturated heterocycles. The number of hydrogen-bond donors (Lipinski definition) is 0. The van der Waals surface area contributed by atoms with Crippen molar-refractivity contribution in [3.63, 3.8) is 0 Å². The first-order chi connectivity index (χ1) is 13.1. The number of rotatable bonds is 6. The van der Waals surface area contributed by atoms with Gasteiger partial charge >= 0.3 is 5.97 Å². The number of carbonyl (C=O) groups is 1. The van der Waals surface area contributed by atoms with E-state index in [4.69, 9.17) is 10.00 Å². The minimum Gasteiger partial charge on any atom is -0.460 e. The van der Waals surface area contributed by atoms with Gasteiger partial charge in [-0.25, -0.2) is 17.6 Å². The number of halogens is 4. The molecule has 28 heavy (non-hydrogen) atoms. The molecule has 0 amide bonds. The molecule has 3 nitrogen and oxygen atoms in total. The minimum absolute atomic E-state index is 0.298. The Morgan fingerprint density at radius 1 is 1.21 bits per heavy atom. The van der Waals surface area contributed by atoms with E-state index in [-0.39, 0.29) is 5.92 Å². The smallest absolute Gasteiger partial charge is 0.310 e. The highest BCUT2D eigenvalue weighted by Gasteiger charge is 2.61. The molecule has 0 heterocycles. The van der Waals surface area contributed by atoms with Gasteiger partial charge in [-0.1, -0.05) is 26.0 Å². The summed E-state index contributed by atoms with van der Waals surface area (Å²) >= 11 is 0.534. The normalized spacial score (nSPS) is 20.9. The summed E-state index contributed by atoms with van der Waals surface area (Å²) < 4.78 is 60.7. The van der Waals surface area contributed by atoms with E-state index in [0.717, 1.165) is 0 Å². The lowest BCUT2D eigenvalue weighted by atomic mass is 10.1. The van der Waals surface area contributed by atoms with Crippen molar-refractivity contribution < 1.29 is 27.1 Å². The number of carbonyl (C=O) groups excluding carboxylic acids is 1. The summed E-state index contributed by atoms with van der Waals surface area (Å²) in [4.78, 5) is 11.6. The largest absolute Gasteiger partial charge is 0.460 e. The maximum absolute atomic E-state index is 14.0. The third kappa shape index (κ3) is 3.95. The molecule has 1 saturated carbocycles. The SMILES string of the molecule is C/C=C/C(C#N)=C/[C@@H]1[C@@H](C(=O)OCc2c(F)c(F)c(SC)c(F)c2F)C1(C)C. The quantitative estimate of drug-likeness (QED) is 0.158. The van der Waals surface area contributed by atoms with Crippen molar-refractivity contribution in [3.05, 3.63) is 52.6 Å². The molecule has 150 valence electrons. The number of ether oxygens (including phenoxy) is 1. The second-order valence-electron chi connectivity index (χ2n) is 6.93. The molecule has 1 fully saturated rings. The standard InChI is InChI=1S/C20H19F4NO2S/c1-5-6-10(8-25)7-12-13(20(12,2)3)19(26)27-9-11-14(21)16(23)18(28-4)17(24)15(11)22/h5-7,12-13H,9H2,1-4H3/b6-5+,10-7-/t12-,13+/m1/s1. The molecular weight excluding hydrogens is 394 g/mol. The van der Waals surface area contributed by atoms with E-state index in [1.54, 1.807) is 39.0 Å². The van der Waals surface area contributed by atoms with Crippen LogP contribution in [0.4, 0.5) is 17.6 Å². The van der Waals surface area contributed by atoms with E-state index < -0.39 is 57.6 Å². The first-order valence-electron chi connectivity index (χ1n) is 8.41. The summed E-state index contributed by atoms with van der Waals surface area (Å²) in [6.07, 6.45) is 6.21. The van der Waals surface area contributed by atoms with Crippen LogP contribution < -0.4 is 0 Å². The molecule has 0 aromatic heterocycles. The van der Waals surface area contributed by atoms with Crippen LogP contribution in [-0.4, -0.2) is 12.2 Å². The van der Waals surface area contributed by atoms with Gasteiger partial charge in [-0.3, -0.25) is 4.79 Å². The average Bonchev–Trinajstić information content (AvgIpc) is 3.20. The van der Waals surface area contributed by atoms with Gasteiger partial charge in [0.25, 0.3) is 0 Å². The number of hydrogen-bond acceptors (Lipinski definition) is 4. The molecule has 0 bridgehead atoms. The minimum atomic E-state index is -1.58. The van der Waals surface area contributed by atoms with Crippen molar-refractivity contribution in [2.75, 3.05) is 6.26 Å². The Morgan fingerprint density at radius 2 is 1.79 bits per heavy atom. The molecule has 8 heteroatoms. The van der Waals surface area contributed by atoms with Crippen LogP contribution in [0.25, 0.3) is 0 Å². The summed E-state index contributed by atoms with van der Waals surface area (Å²) in [5, 5.41) is 9.09. The van der Waals surface area contributed by atoms with Crippen molar-refractivity contribution in [2.45, 2.75) is 32.3 Å².